The summed E-state index contributed by atoms with van der Waals surface area (Å²) < 4.78 is 6.04. The van der Waals surface area contributed by atoms with Crippen molar-refractivity contribution in [3.63, 3.8) is 0 Å². The third-order valence-electron chi connectivity index (χ3n) is 2.11. The van der Waals surface area contributed by atoms with Crippen LogP contribution in [0.3, 0.4) is 0 Å². The molecule has 0 bridgehead atoms. The molecule has 1 unspecified atom stereocenters. The van der Waals surface area contributed by atoms with Crippen LogP contribution in [0.2, 0.25) is 5.02 Å². The first-order valence-electron chi connectivity index (χ1n) is 4.36. The first kappa shape index (κ1) is 11.2. The normalized spacial score (nSPS) is 13.0. The molecular weight excluding hydrogens is 298 g/mol. The molecule has 0 fully saturated rings. The fraction of sp³-hybridized carbons (Fsp3) is 0.200. The maximum absolute atomic E-state index is 6.00. The summed E-state index contributed by atoms with van der Waals surface area (Å²) in [7, 11) is 1.92. The fourth-order valence-electron chi connectivity index (χ4n) is 1.42. The van der Waals surface area contributed by atoms with Crippen molar-refractivity contribution in [2.24, 2.45) is 0 Å². The number of thiophene rings is 1. The van der Waals surface area contributed by atoms with Gasteiger partial charge in [-0.15, -0.1) is 11.3 Å². The lowest BCUT2D eigenvalue weighted by Gasteiger charge is -2.11. The zero-order valence-electron chi connectivity index (χ0n) is 7.96. The standard InChI is InChI=1S/C10H9BrClNOS/c1-13-9(6-2-3-14-5-6)8-4-7(12)10(11)15-8/h2-5,9,13H,1H3. The maximum Gasteiger partial charge on any atom is 0.0954 e. The number of nitrogens with one attached hydrogen (secondary N) is 1. The molecule has 2 aromatic heterocycles. The summed E-state index contributed by atoms with van der Waals surface area (Å²) in [6.45, 7) is 0. The molecule has 15 heavy (non-hydrogen) atoms. The minimum Gasteiger partial charge on any atom is -0.472 e. The van der Waals surface area contributed by atoms with Crippen LogP contribution < -0.4 is 5.32 Å². The molecule has 1 N–H and O–H groups in total. The van der Waals surface area contributed by atoms with E-state index in [1.54, 1.807) is 23.9 Å². The van der Waals surface area contributed by atoms with E-state index in [0.717, 1.165) is 19.2 Å². The Morgan fingerprint density at radius 1 is 1.60 bits per heavy atom. The van der Waals surface area contributed by atoms with Crippen LogP contribution in [0, 0.1) is 0 Å². The van der Waals surface area contributed by atoms with E-state index in [4.69, 9.17) is 16.0 Å². The molecule has 0 saturated carbocycles. The predicted octanol–water partition coefficient (Wildman–Crippen LogP) is 4.07. The zero-order chi connectivity index (χ0) is 10.8. The Morgan fingerprint density at radius 2 is 2.40 bits per heavy atom. The number of rotatable bonds is 3. The molecule has 2 heterocycles. The summed E-state index contributed by atoms with van der Waals surface area (Å²) in [5.41, 5.74) is 1.10. The van der Waals surface area contributed by atoms with Crippen molar-refractivity contribution >= 4 is 38.9 Å². The summed E-state index contributed by atoms with van der Waals surface area (Å²) in [6.07, 6.45) is 3.41. The molecular formula is C10H9BrClNOS. The molecule has 2 rings (SSSR count). The van der Waals surface area contributed by atoms with E-state index in [2.05, 4.69) is 21.2 Å². The topological polar surface area (TPSA) is 25.2 Å². The highest BCUT2D eigenvalue weighted by atomic mass is 79.9. The number of hydrogen-bond acceptors (Lipinski definition) is 3. The SMILES string of the molecule is CNC(c1ccoc1)c1cc(Cl)c(Br)s1. The van der Waals surface area contributed by atoms with Gasteiger partial charge in [0.2, 0.25) is 0 Å². The Bertz CT molecular complexity index is 421. The highest BCUT2D eigenvalue weighted by molar-refractivity contribution is 9.11. The first-order chi connectivity index (χ1) is 7.22. The van der Waals surface area contributed by atoms with Crippen molar-refractivity contribution < 1.29 is 4.42 Å². The summed E-state index contributed by atoms with van der Waals surface area (Å²) in [6, 6.07) is 4.05. The molecule has 0 spiro atoms. The van der Waals surface area contributed by atoms with E-state index in [9.17, 15) is 0 Å². The molecule has 1 atom stereocenters. The van der Waals surface area contributed by atoms with Gasteiger partial charge >= 0.3 is 0 Å². The van der Waals surface area contributed by atoms with Crippen molar-refractivity contribution in [3.05, 3.63) is 43.9 Å². The van der Waals surface area contributed by atoms with Crippen LogP contribution in [0.15, 0.2) is 32.9 Å². The molecule has 0 amide bonds. The largest absolute Gasteiger partial charge is 0.472 e. The average molecular weight is 307 g/mol. The third kappa shape index (κ3) is 2.28. The molecule has 0 aliphatic rings. The highest BCUT2D eigenvalue weighted by Gasteiger charge is 2.16. The third-order valence-corrected chi connectivity index (χ3v) is 4.65. The molecule has 0 aliphatic heterocycles. The van der Waals surface area contributed by atoms with Gasteiger partial charge in [0.25, 0.3) is 0 Å². The van der Waals surface area contributed by atoms with Gasteiger partial charge < -0.3 is 9.73 Å². The predicted molar refractivity (Wildman–Crippen MR) is 66.6 cm³/mol. The number of furan rings is 1. The zero-order valence-corrected chi connectivity index (χ0v) is 11.1. The smallest absolute Gasteiger partial charge is 0.0954 e. The lowest BCUT2D eigenvalue weighted by Crippen LogP contribution is -2.15. The van der Waals surface area contributed by atoms with Crippen molar-refractivity contribution in [1.29, 1.82) is 0 Å². The minimum atomic E-state index is 0.137. The quantitative estimate of drug-likeness (QED) is 0.925. The van der Waals surface area contributed by atoms with E-state index >= 15 is 0 Å². The van der Waals surface area contributed by atoms with Crippen LogP contribution in [0.1, 0.15) is 16.5 Å². The molecule has 0 aliphatic carbocycles. The van der Waals surface area contributed by atoms with Gasteiger partial charge in [-0.05, 0) is 35.1 Å². The van der Waals surface area contributed by atoms with E-state index in [-0.39, 0.29) is 6.04 Å². The van der Waals surface area contributed by atoms with Crippen LogP contribution in [-0.2, 0) is 0 Å². The monoisotopic (exact) mass is 305 g/mol. The van der Waals surface area contributed by atoms with Gasteiger partial charge in [0.15, 0.2) is 0 Å². The summed E-state index contributed by atoms with van der Waals surface area (Å²) >= 11 is 11.0. The van der Waals surface area contributed by atoms with Crippen LogP contribution >= 0.6 is 38.9 Å². The molecule has 2 nitrogen and oxygen atoms in total. The van der Waals surface area contributed by atoms with Gasteiger partial charge in [0.05, 0.1) is 27.4 Å². The summed E-state index contributed by atoms with van der Waals surface area (Å²) in [5, 5.41) is 3.98. The van der Waals surface area contributed by atoms with Crippen molar-refractivity contribution in [3.8, 4) is 0 Å². The fourth-order valence-corrected chi connectivity index (χ4v) is 3.30. The Labute approximate surface area is 105 Å². The van der Waals surface area contributed by atoms with Gasteiger partial charge in [-0.25, -0.2) is 0 Å². The van der Waals surface area contributed by atoms with E-state index in [1.165, 1.54) is 0 Å². The van der Waals surface area contributed by atoms with Gasteiger partial charge in [0, 0.05) is 10.4 Å². The van der Waals surface area contributed by atoms with Crippen LogP contribution in [0.4, 0.5) is 0 Å². The summed E-state index contributed by atoms with van der Waals surface area (Å²) in [4.78, 5) is 1.16. The Kier molecular flexibility index (Phi) is 3.51. The molecule has 0 aromatic carbocycles. The van der Waals surface area contributed by atoms with Crippen LogP contribution in [-0.4, -0.2) is 7.05 Å². The first-order valence-corrected chi connectivity index (χ1v) is 6.35. The number of halogens is 2. The molecule has 0 saturated heterocycles. The lowest BCUT2D eigenvalue weighted by atomic mass is 10.1. The van der Waals surface area contributed by atoms with Gasteiger partial charge in [-0.1, -0.05) is 11.6 Å². The molecule has 0 radical (unpaired) electrons. The van der Waals surface area contributed by atoms with Crippen molar-refractivity contribution in [1.82, 2.24) is 5.32 Å². The second kappa shape index (κ2) is 4.70. The van der Waals surface area contributed by atoms with Gasteiger partial charge in [-0.3, -0.25) is 0 Å². The summed E-state index contributed by atoms with van der Waals surface area (Å²) in [5.74, 6) is 0. The van der Waals surface area contributed by atoms with Gasteiger partial charge in [0.1, 0.15) is 0 Å². The van der Waals surface area contributed by atoms with E-state index < -0.39 is 0 Å². The van der Waals surface area contributed by atoms with Gasteiger partial charge in [-0.2, -0.15) is 0 Å². The second-order valence-corrected chi connectivity index (χ2v) is 5.86. The molecule has 2 aromatic rings. The maximum atomic E-state index is 6.00. The van der Waals surface area contributed by atoms with Crippen molar-refractivity contribution in [2.75, 3.05) is 7.05 Å². The van der Waals surface area contributed by atoms with Crippen molar-refractivity contribution in [2.45, 2.75) is 6.04 Å². The lowest BCUT2D eigenvalue weighted by molar-refractivity contribution is 0.558. The van der Waals surface area contributed by atoms with Crippen LogP contribution in [0.25, 0.3) is 0 Å². The average Bonchev–Trinajstić information content (AvgIpc) is 2.80. The van der Waals surface area contributed by atoms with Crippen LogP contribution in [0.5, 0.6) is 0 Å². The minimum absolute atomic E-state index is 0.137. The Hall–Kier alpha value is -0.290. The molecule has 80 valence electrons. The highest BCUT2D eigenvalue weighted by Crippen LogP contribution is 2.37. The van der Waals surface area contributed by atoms with E-state index in [0.29, 0.717) is 0 Å². The molecule has 5 heteroatoms. The number of hydrogen-bond donors (Lipinski definition) is 1. The van der Waals surface area contributed by atoms with E-state index in [1.807, 2.05) is 19.2 Å². The second-order valence-electron chi connectivity index (χ2n) is 3.05. The Balaban J connectivity index is 2.35. The Morgan fingerprint density at radius 3 is 2.87 bits per heavy atom.